The number of amides is 1. The van der Waals surface area contributed by atoms with Crippen LogP contribution in [0.15, 0.2) is 23.7 Å². The van der Waals surface area contributed by atoms with E-state index in [0.717, 1.165) is 15.9 Å². The SMILES string of the molecule is C=C(Cl)CNC(=O)c1sc2nc(C)ccc2c1N. The smallest absolute Gasteiger partial charge is 0.263 e. The highest BCUT2D eigenvalue weighted by Crippen LogP contribution is 2.32. The van der Waals surface area contributed by atoms with E-state index in [1.807, 2.05) is 19.1 Å². The molecular weight excluding hydrogens is 270 g/mol. The molecule has 0 saturated heterocycles. The molecule has 4 nitrogen and oxygen atoms in total. The van der Waals surface area contributed by atoms with Gasteiger partial charge in [-0.2, -0.15) is 0 Å². The van der Waals surface area contributed by atoms with Crippen LogP contribution in [0.5, 0.6) is 0 Å². The Labute approximate surface area is 113 Å². The lowest BCUT2D eigenvalue weighted by Gasteiger charge is -2.02. The number of nitrogens with two attached hydrogens (primary N) is 1. The van der Waals surface area contributed by atoms with Gasteiger partial charge in [-0.25, -0.2) is 4.98 Å². The molecule has 0 aliphatic heterocycles. The van der Waals surface area contributed by atoms with Crippen LogP contribution in [-0.2, 0) is 0 Å². The summed E-state index contributed by atoms with van der Waals surface area (Å²) in [5.41, 5.74) is 7.30. The van der Waals surface area contributed by atoms with Crippen LogP contribution in [-0.4, -0.2) is 17.4 Å². The van der Waals surface area contributed by atoms with E-state index in [2.05, 4.69) is 16.9 Å². The third-order valence-electron chi connectivity index (χ3n) is 2.38. The fraction of sp³-hybridized carbons (Fsp3) is 0.167. The molecular formula is C12H12ClN3OS. The van der Waals surface area contributed by atoms with Gasteiger partial charge in [-0.15, -0.1) is 11.3 Å². The zero-order valence-electron chi connectivity index (χ0n) is 9.79. The zero-order chi connectivity index (χ0) is 13.3. The number of fused-ring (bicyclic) bond motifs is 1. The average Bonchev–Trinajstić information content (AvgIpc) is 2.63. The van der Waals surface area contributed by atoms with E-state index in [1.54, 1.807) is 0 Å². The Bertz CT molecular complexity index is 636. The highest BCUT2D eigenvalue weighted by Gasteiger charge is 2.16. The summed E-state index contributed by atoms with van der Waals surface area (Å²) in [4.78, 5) is 17.5. The second-order valence-electron chi connectivity index (χ2n) is 3.85. The largest absolute Gasteiger partial charge is 0.397 e. The first-order valence-corrected chi connectivity index (χ1v) is 6.45. The number of rotatable bonds is 3. The van der Waals surface area contributed by atoms with Crippen molar-refractivity contribution in [2.45, 2.75) is 6.92 Å². The maximum Gasteiger partial charge on any atom is 0.263 e. The molecule has 6 heteroatoms. The minimum absolute atomic E-state index is 0.223. The monoisotopic (exact) mass is 281 g/mol. The molecule has 0 aromatic carbocycles. The Morgan fingerprint density at radius 1 is 1.61 bits per heavy atom. The normalized spacial score (nSPS) is 10.6. The number of hydrogen-bond acceptors (Lipinski definition) is 4. The molecule has 0 atom stereocenters. The van der Waals surface area contributed by atoms with Gasteiger partial charge in [0, 0.05) is 16.1 Å². The maximum absolute atomic E-state index is 11.9. The Morgan fingerprint density at radius 3 is 3.00 bits per heavy atom. The van der Waals surface area contributed by atoms with Crippen molar-refractivity contribution in [3.05, 3.63) is 34.3 Å². The number of nitrogens with zero attached hydrogens (tertiary/aromatic N) is 1. The molecule has 2 aromatic rings. The minimum atomic E-state index is -0.255. The Morgan fingerprint density at radius 2 is 2.33 bits per heavy atom. The van der Waals surface area contributed by atoms with E-state index < -0.39 is 0 Å². The predicted octanol–water partition coefficient (Wildman–Crippen LogP) is 2.67. The van der Waals surface area contributed by atoms with E-state index in [1.165, 1.54) is 11.3 Å². The van der Waals surface area contributed by atoms with Crippen molar-refractivity contribution in [2.75, 3.05) is 12.3 Å². The zero-order valence-corrected chi connectivity index (χ0v) is 11.4. The Kier molecular flexibility index (Phi) is 3.54. The first kappa shape index (κ1) is 12.9. The predicted molar refractivity (Wildman–Crippen MR) is 76.1 cm³/mol. The molecule has 0 fully saturated rings. The van der Waals surface area contributed by atoms with Gasteiger partial charge in [-0.3, -0.25) is 4.79 Å². The molecule has 0 spiro atoms. The number of halogens is 1. The molecule has 2 rings (SSSR count). The molecule has 1 amide bonds. The summed E-state index contributed by atoms with van der Waals surface area (Å²) in [6, 6.07) is 3.74. The summed E-state index contributed by atoms with van der Waals surface area (Å²) in [6.45, 7) is 5.63. The lowest BCUT2D eigenvalue weighted by molar-refractivity contribution is 0.0962. The molecule has 2 aromatic heterocycles. The minimum Gasteiger partial charge on any atom is -0.397 e. The fourth-order valence-electron chi connectivity index (χ4n) is 1.51. The van der Waals surface area contributed by atoms with Crippen molar-refractivity contribution in [3.63, 3.8) is 0 Å². The van der Waals surface area contributed by atoms with E-state index in [0.29, 0.717) is 15.6 Å². The van der Waals surface area contributed by atoms with Crippen molar-refractivity contribution >= 4 is 44.7 Å². The van der Waals surface area contributed by atoms with E-state index >= 15 is 0 Å². The first-order chi connectivity index (χ1) is 8.49. The number of pyridine rings is 1. The van der Waals surface area contributed by atoms with Crippen molar-refractivity contribution in [3.8, 4) is 0 Å². The lowest BCUT2D eigenvalue weighted by Crippen LogP contribution is -2.24. The number of aromatic nitrogens is 1. The number of hydrogen-bond donors (Lipinski definition) is 2. The molecule has 3 N–H and O–H groups in total. The number of thiophene rings is 1. The molecule has 94 valence electrons. The van der Waals surface area contributed by atoms with Crippen LogP contribution in [0.2, 0.25) is 0 Å². The summed E-state index contributed by atoms with van der Waals surface area (Å²) in [6.07, 6.45) is 0. The standard InChI is InChI=1S/C12H12ClN3OS/c1-6(13)5-15-11(17)10-9(14)8-4-3-7(2)16-12(8)18-10/h3-4H,1,5,14H2,2H3,(H,15,17). The molecule has 18 heavy (non-hydrogen) atoms. The van der Waals surface area contributed by atoms with Gasteiger partial charge >= 0.3 is 0 Å². The van der Waals surface area contributed by atoms with Crippen molar-refractivity contribution < 1.29 is 4.79 Å². The number of aryl methyl sites for hydroxylation is 1. The van der Waals surface area contributed by atoms with Crippen molar-refractivity contribution in [1.82, 2.24) is 10.3 Å². The second-order valence-corrected chi connectivity index (χ2v) is 5.38. The van der Waals surface area contributed by atoms with Crippen LogP contribution < -0.4 is 11.1 Å². The summed E-state index contributed by atoms with van der Waals surface area (Å²) in [5.74, 6) is -0.255. The van der Waals surface area contributed by atoms with Crippen LogP contribution in [0, 0.1) is 6.92 Å². The van der Waals surface area contributed by atoms with Crippen molar-refractivity contribution in [1.29, 1.82) is 0 Å². The van der Waals surface area contributed by atoms with E-state index in [4.69, 9.17) is 17.3 Å². The van der Waals surface area contributed by atoms with Crippen LogP contribution >= 0.6 is 22.9 Å². The number of carbonyl (C=O) groups excluding carboxylic acids is 1. The highest BCUT2D eigenvalue weighted by molar-refractivity contribution is 7.21. The van der Waals surface area contributed by atoms with E-state index in [9.17, 15) is 4.79 Å². The van der Waals surface area contributed by atoms with Gasteiger partial charge in [-0.05, 0) is 19.1 Å². The van der Waals surface area contributed by atoms with Gasteiger partial charge in [0.1, 0.15) is 9.71 Å². The number of carbonyl (C=O) groups is 1. The summed E-state index contributed by atoms with van der Waals surface area (Å²) in [7, 11) is 0. The fourth-order valence-corrected chi connectivity index (χ4v) is 2.64. The van der Waals surface area contributed by atoms with E-state index in [-0.39, 0.29) is 12.5 Å². The number of anilines is 1. The highest BCUT2D eigenvalue weighted by atomic mass is 35.5. The van der Waals surface area contributed by atoms with Crippen LogP contribution in [0.4, 0.5) is 5.69 Å². The molecule has 0 aliphatic rings. The first-order valence-electron chi connectivity index (χ1n) is 5.26. The van der Waals surface area contributed by atoms with Crippen LogP contribution in [0.1, 0.15) is 15.4 Å². The summed E-state index contributed by atoms with van der Waals surface area (Å²) >= 11 is 6.88. The molecule has 0 unspecified atom stereocenters. The van der Waals surface area contributed by atoms with Gasteiger partial charge < -0.3 is 11.1 Å². The van der Waals surface area contributed by atoms with Crippen molar-refractivity contribution in [2.24, 2.45) is 0 Å². The summed E-state index contributed by atoms with van der Waals surface area (Å²) < 4.78 is 0. The molecule has 2 heterocycles. The molecule has 0 aliphatic carbocycles. The van der Waals surface area contributed by atoms with Crippen LogP contribution in [0.25, 0.3) is 10.2 Å². The lowest BCUT2D eigenvalue weighted by atomic mass is 10.2. The molecule has 0 radical (unpaired) electrons. The molecule has 0 saturated carbocycles. The van der Waals surface area contributed by atoms with Gasteiger partial charge in [-0.1, -0.05) is 18.2 Å². The second kappa shape index (κ2) is 4.96. The Hall–Kier alpha value is -1.59. The average molecular weight is 282 g/mol. The third-order valence-corrected chi connectivity index (χ3v) is 3.63. The van der Waals surface area contributed by atoms with Gasteiger partial charge in [0.05, 0.1) is 12.2 Å². The number of nitrogens with one attached hydrogen (secondary N) is 1. The summed E-state index contributed by atoms with van der Waals surface area (Å²) in [5, 5.41) is 3.83. The third kappa shape index (κ3) is 2.47. The topological polar surface area (TPSA) is 68.0 Å². The quantitative estimate of drug-likeness (QED) is 0.909. The number of nitrogen functional groups attached to an aromatic ring is 1. The van der Waals surface area contributed by atoms with Gasteiger partial charge in [0.25, 0.3) is 5.91 Å². The van der Waals surface area contributed by atoms with Crippen LogP contribution in [0.3, 0.4) is 0 Å². The van der Waals surface area contributed by atoms with Gasteiger partial charge in [0.15, 0.2) is 0 Å². The Balaban J connectivity index is 2.36. The molecule has 0 bridgehead atoms. The maximum atomic E-state index is 11.9. The van der Waals surface area contributed by atoms with Gasteiger partial charge in [0.2, 0.25) is 0 Å².